The molecular weight excluding hydrogens is 576 g/mol. The van der Waals surface area contributed by atoms with Crippen molar-refractivity contribution in [1.29, 1.82) is 0 Å². The lowest BCUT2D eigenvalue weighted by atomic mass is 9.98. The first kappa shape index (κ1) is 34.8. The quantitative estimate of drug-likeness (QED) is 0.156. The number of anilines is 1. The molecule has 0 spiro atoms. The monoisotopic (exact) mass is 624 g/mol. The lowest BCUT2D eigenvalue weighted by Gasteiger charge is -2.34. The van der Waals surface area contributed by atoms with Crippen LogP contribution in [0.1, 0.15) is 89.5 Å². The van der Waals surface area contributed by atoms with Crippen molar-refractivity contribution in [2.24, 2.45) is 5.92 Å². The number of carbonyl (C=O) groups excluding carboxylic acids is 2. The fraction of sp³-hybridized carbons (Fsp3) is 0.500. The number of benzene rings is 2. The van der Waals surface area contributed by atoms with E-state index in [1.165, 1.54) is 0 Å². The van der Waals surface area contributed by atoms with Crippen molar-refractivity contribution in [3.8, 4) is 11.1 Å². The maximum Gasteiger partial charge on any atom is 0.264 e. The zero-order valence-corrected chi connectivity index (χ0v) is 27.8. The molecule has 240 valence electrons. The first-order chi connectivity index (χ1) is 21.0. The Bertz CT molecular complexity index is 1480. The average Bonchev–Trinajstić information content (AvgIpc) is 3.31. The molecule has 0 fully saturated rings. The highest BCUT2D eigenvalue weighted by Crippen LogP contribution is 2.30. The number of amides is 2. The number of unbranched alkanes of at least 4 members (excludes halogenated alkanes) is 4. The predicted octanol–water partition coefficient (Wildman–Crippen LogP) is 7.00. The third-order valence-corrected chi connectivity index (χ3v) is 9.20. The molecule has 3 rings (SSSR count). The molecule has 0 saturated heterocycles. The highest BCUT2D eigenvalue weighted by molar-refractivity contribution is 7.92. The van der Waals surface area contributed by atoms with Gasteiger partial charge in [-0.15, -0.1) is 0 Å². The second-order valence-corrected chi connectivity index (χ2v) is 13.3. The molecule has 2 amide bonds. The second kappa shape index (κ2) is 16.4. The fourth-order valence-corrected chi connectivity index (χ4v) is 6.38. The summed E-state index contributed by atoms with van der Waals surface area (Å²) in [4.78, 5) is 28.6. The molecule has 0 aliphatic heterocycles. The fourth-order valence-electron chi connectivity index (χ4n) is 5.10. The van der Waals surface area contributed by atoms with E-state index in [4.69, 9.17) is 4.52 Å². The number of carbonyl (C=O) groups is 2. The van der Waals surface area contributed by atoms with E-state index in [9.17, 15) is 18.0 Å². The summed E-state index contributed by atoms with van der Waals surface area (Å²) in [6.07, 6.45) is 6.26. The number of hydrogen-bond acceptors (Lipinski definition) is 6. The first-order valence-electron chi connectivity index (χ1n) is 15.7. The van der Waals surface area contributed by atoms with Gasteiger partial charge >= 0.3 is 0 Å². The van der Waals surface area contributed by atoms with Gasteiger partial charge in [0.05, 0.1) is 10.6 Å². The molecular formula is C34H48N4O5S. The van der Waals surface area contributed by atoms with Gasteiger partial charge in [-0.3, -0.25) is 9.59 Å². The van der Waals surface area contributed by atoms with Crippen LogP contribution in [0.4, 0.5) is 5.88 Å². The Hall–Kier alpha value is -3.66. The Kier molecular flexibility index (Phi) is 13.0. The molecule has 1 heterocycles. The molecule has 2 aromatic carbocycles. The van der Waals surface area contributed by atoms with Crippen LogP contribution < -0.4 is 10.0 Å². The van der Waals surface area contributed by atoms with Gasteiger partial charge in [0.1, 0.15) is 6.04 Å². The number of nitrogens with one attached hydrogen (secondary N) is 2. The molecule has 1 aromatic heterocycles. The summed E-state index contributed by atoms with van der Waals surface area (Å²) in [5.74, 6) is -0.153. The second-order valence-electron chi connectivity index (χ2n) is 11.7. The molecule has 0 aliphatic carbocycles. The predicted molar refractivity (Wildman–Crippen MR) is 175 cm³/mol. The summed E-state index contributed by atoms with van der Waals surface area (Å²) in [6.45, 7) is 12.5. The van der Waals surface area contributed by atoms with Crippen molar-refractivity contribution in [2.75, 3.05) is 11.3 Å². The summed E-state index contributed by atoms with van der Waals surface area (Å²) in [7, 11) is -3.98. The molecule has 0 bridgehead atoms. The Morgan fingerprint density at radius 1 is 0.932 bits per heavy atom. The van der Waals surface area contributed by atoms with Crippen molar-refractivity contribution in [2.45, 2.75) is 104 Å². The van der Waals surface area contributed by atoms with Crippen LogP contribution >= 0.6 is 0 Å². The summed E-state index contributed by atoms with van der Waals surface area (Å²) >= 11 is 0. The van der Waals surface area contributed by atoms with E-state index in [-0.39, 0.29) is 35.1 Å². The van der Waals surface area contributed by atoms with Crippen LogP contribution in [0.15, 0.2) is 57.9 Å². The Morgan fingerprint density at radius 2 is 1.61 bits per heavy atom. The topological polar surface area (TPSA) is 122 Å². The van der Waals surface area contributed by atoms with Crippen molar-refractivity contribution in [3.63, 3.8) is 0 Å². The van der Waals surface area contributed by atoms with Crippen LogP contribution in [-0.2, 0) is 26.2 Å². The largest absolute Gasteiger partial charge is 0.354 e. The Labute approximate surface area is 262 Å². The highest BCUT2D eigenvalue weighted by Gasteiger charge is 2.32. The van der Waals surface area contributed by atoms with Crippen molar-refractivity contribution >= 4 is 27.7 Å². The SMILES string of the molecule is CCCCCCNC(=O)[C@H](C(C)C)N(Cc1ccc(-c2ccccc2S(=O)(=O)Nc2onc(C)c2C)cc1)C(=O)CCCC. The molecule has 0 unspecified atom stereocenters. The minimum absolute atomic E-state index is 0.0452. The summed E-state index contributed by atoms with van der Waals surface area (Å²) in [5, 5.41) is 6.91. The van der Waals surface area contributed by atoms with Gasteiger partial charge in [-0.25, -0.2) is 13.1 Å². The molecule has 3 aromatic rings. The number of hydrogen-bond donors (Lipinski definition) is 2. The van der Waals surface area contributed by atoms with Crippen LogP contribution in [0.3, 0.4) is 0 Å². The lowest BCUT2D eigenvalue weighted by molar-refractivity contribution is -0.143. The minimum atomic E-state index is -3.98. The average molecular weight is 625 g/mol. The van der Waals surface area contributed by atoms with Crippen molar-refractivity contribution in [3.05, 3.63) is 65.4 Å². The molecule has 9 nitrogen and oxygen atoms in total. The normalized spacial score (nSPS) is 12.2. The number of sulfonamides is 1. The van der Waals surface area contributed by atoms with E-state index >= 15 is 0 Å². The standard InChI is InChI=1S/C34H48N4O5S/c1-7-9-11-14-22-35-33(40)32(24(3)4)38(31(39)17-10-8-2)23-27-18-20-28(21-19-27)29-15-12-13-16-30(29)44(41,42)37-34-25(5)26(6)36-43-34/h12-13,15-16,18-21,24,32,37H,7-11,14,17,22-23H2,1-6H3,(H,35,40)/t32-/m0/s1. The summed E-state index contributed by atoms with van der Waals surface area (Å²) < 4.78 is 34.5. The zero-order valence-electron chi connectivity index (χ0n) is 27.0. The van der Waals surface area contributed by atoms with Gasteiger partial charge in [-0.2, -0.15) is 0 Å². The smallest absolute Gasteiger partial charge is 0.264 e. The number of rotatable bonds is 17. The van der Waals surface area contributed by atoms with E-state index in [0.29, 0.717) is 35.3 Å². The van der Waals surface area contributed by atoms with Crippen LogP contribution in [0.2, 0.25) is 0 Å². The van der Waals surface area contributed by atoms with E-state index in [1.54, 1.807) is 43.0 Å². The van der Waals surface area contributed by atoms with Gasteiger partial charge in [0.2, 0.25) is 17.7 Å². The van der Waals surface area contributed by atoms with E-state index in [2.05, 4.69) is 22.1 Å². The molecule has 10 heteroatoms. The van der Waals surface area contributed by atoms with E-state index in [1.807, 2.05) is 45.0 Å². The first-order valence-corrected chi connectivity index (χ1v) is 17.2. The lowest BCUT2D eigenvalue weighted by Crippen LogP contribution is -2.52. The van der Waals surface area contributed by atoms with E-state index in [0.717, 1.165) is 44.1 Å². The van der Waals surface area contributed by atoms with Crippen molar-refractivity contribution in [1.82, 2.24) is 15.4 Å². The molecule has 1 atom stereocenters. The zero-order chi connectivity index (χ0) is 32.3. The number of aryl methyl sites for hydroxylation is 1. The maximum atomic E-state index is 13.5. The van der Waals surface area contributed by atoms with Gasteiger partial charge in [-0.05, 0) is 49.8 Å². The minimum Gasteiger partial charge on any atom is -0.354 e. The van der Waals surface area contributed by atoms with Gasteiger partial charge in [0.15, 0.2) is 0 Å². The van der Waals surface area contributed by atoms with Gasteiger partial charge < -0.3 is 14.7 Å². The molecule has 0 saturated carbocycles. The summed E-state index contributed by atoms with van der Waals surface area (Å²) in [6, 6.07) is 13.6. The van der Waals surface area contributed by atoms with Crippen LogP contribution in [0.25, 0.3) is 11.1 Å². The van der Waals surface area contributed by atoms with Crippen LogP contribution in [0.5, 0.6) is 0 Å². The van der Waals surface area contributed by atoms with E-state index < -0.39 is 16.1 Å². The van der Waals surface area contributed by atoms with Crippen molar-refractivity contribution < 1.29 is 22.5 Å². The van der Waals surface area contributed by atoms with Crippen LogP contribution in [0, 0.1) is 19.8 Å². The van der Waals surface area contributed by atoms with Crippen LogP contribution in [-0.4, -0.2) is 42.9 Å². The summed E-state index contributed by atoms with van der Waals surface area (Å²) in [5.41, 5.74) is 3.32. The molecule has 0 aliphatic rings. The third-order valence-electron chi connectivity index (χ3n) is 7.81. The van der Waals surface area contributed by atoms with Gasteiger partial charge in [-0.1, -0.05) is 101 Å². The van der Waals surface area contributed by atoms with Gasteiger partial charge in [0, 0.05) is 30.6 Å². The third kappa shape index (κ3) is 9.17. The molecule has 0 radical (unpaired) electrons. The molecule has 2 N–H and O–H groups in total. The van der Waals surface area contributed by atoms with Gasteiger partial charge in [0.25, 0.3) is 10.0 Å². The highest BCUT2D eigenvalue weighted by atomic mass is 32.2. The maximum absolute atomic E-state index is 13.5. The Morgan fingerprint density at radius 3 is 2.23 bits per heavy atom. The number of aromatic nitrogens is 1. The Balaban J connectivity index is 1.86. The molecule has 44 heavy (non-hydrogen) atoms. The number of nitrogens with zero attached hydrogens (tertiary/aromatic N) is 2.